The van der Waals surface area contributed by atoms with Crippen LogP contribution >= 0.6 is 0 Å². The number of carbonyl (C=O) groups is 4. The number of barbiturate groups is 1. The van der Waals surface area contributed by atoms with Crippen molar-refractivity contribution in [2.24, 2.45) is 0 Å². The lowest BCUT2D eigenvalue weighted by Crippen LogP contribution is -2.54. The van der Waals surface area contributed by atoms with Crippen LogP contribution in [0, 0.1) is 0 Å². The molecule has 34 heavy (non-hydrogen) atoms. The van der Waals surface area contributed by atoms with Crippen molar-refractivity contribution < 1.29 is 33.8 Å². The van der Waals surface area contributed by atoms with Gasteiger partial charge in [0.2, 0.25) is 0 Å². The Morgan fingerprint density at radius 2 is 1.88 bits per heavy atom. The third kappa shape index (κ3) is 5.15. The van der Waals surface area contributed by atoms with Gasteiger partial charge in [-0.1, -0.05) is 25.1 Å². The molecule has 9 nitrogen and oxygen atoms in total. The molecule has 0 spiro atoms. The Kier molecular flexibility index (Phi) is 7.47. The quantitative estimate of drug-likeness (QED) is 0.332. The van der Waals surface area contributed by atoms with E-state index in [1.54, 1.807) is 36.4 Å². The highest BCUT2D eigenvalue weighted by atomic mass is 16.5. The van der Waals surface area contributed by atoms with Crippen LogP contribution in [0.3, 0.4) is 0 Å². The molecule has 1 heterocycles. The largest absolute Gasteiger partial charge is 0.493 e. The molecule has 0 atom stereocenters. The van der Waals surface area contributed by atoms with Gasteiger partial charge >= 0.3 is 12.0 Å². The second-order valence-electron chi connectivity index (χ2n) is 7.36. The Morgan fingerprint density at radius 3 is 2.47 bits per heavy atom. The molecule has 1 aliphatic heterocycles. The number of carbonyl (C=O) groups excluding carboxylic acids is 3. The second-order valence-corrected chi connectivity index (χ2v) is 7.36. The zero-order valence-electron chi connectivity index (χ0n) is 18.8. The number of benzene rings is 2. The average Bonchev–Trinajstić information content (AvgIpc) is 2.81. The summed E-state index contributed by atoms with van der Waals surface area (Å²) >= 11 is 0. The maximum Gasteiger partial charge on any atom is 0.341 e. The summed E-state index contributed by atoms with van der Waals surface area (Å²) in [6.45, 7) is 5.10. The van der Waals surface area contributed by atoms with Crippen LogP contribution in [0.4, 0.5) is 10.5 Å². The molecule has 4 amide bonds. The first-order valence-electron chi connectivity index (χ1n) is 10.5. The second kappa shape index (κ2) is 10.5. The lowest BCUT2D eigenvalue weighted by Gasteiger charge is -2.26. The van der Waals surface area contributed by atoms with Crippen LogP contribution in [0.25, 0.3) is 6.08 Å². The van der Waals surface area contributed by atoms with Gasteiger partial charge in [-0.05, 0) is 54.3 Å². The van der Waals surface area contributed by atoms with E-state index in [0.29, 0.717) is 23.2 Å². The van der Waals surface area contributed by atoms with Gasteiger partial charge in [0.1, 0.15) is 5.57 Å². The predicted molar refractivity (Wildman–Crippen MR) is 125 cm³/mol. The number of methoxy groups -OCH3 is 1. The highest BCUT2D eigenvalue weighted by Gasteiger charge is 2.36. The van der Waals surface area contributed by atoms with E-state index >= 15 is 0 Å². The molecule has 176 valence electrons. The number of allylic oxidation sites excluding steroid dienone is 1. The zero-order chi connectivity index (χ0) is 24.8. The number of imide groups is 2. The van der Waals surface area contributed by atoms with E-state index in [0.717, 1.165) is 16.9 Å². The van der Waals surface area contributed by atoms with Crippen LogP contribution in [-0.4, -0.2) is 42.6 Å². The number of carboxylic acids is 1. The Morgan fingerprint density at radius 1 is 1.18 bits per heavy atom. The first kappa shape index (κ1) is 24.2. The molecule has 3 rings (SSSR count). The first-order valence-corrected chi connectivity index (χ1v) is 10.5. The van der Waals surface area contributed by atoms with E-state index in [1.807, 2.05) is 6.92 Å². The standard InChI is InChI=1S/C25H24N2O7/c1-4-6-17-11-16(13-20(33-3)22(17)34-14-21(28)29)12-19-23(30)26-25(32)27(24(19)31)18-9-7-15(5-2)8-10-18/h4,7-13H,1,5-6,14H2,2-3H3,(H,28,29)(H,26,30,32). The van der Waals surface area contributed by atoms with Crippen molar-refractivity contribution in [2.75, 3.05) is 18.6 Å². The lowest BCUT2D eigenvalue weighted by atomic mass is 10.0. The Labute approximate surface area is 196 Å². The summed E-state index contributed by atoms with van der Waals surface area (Å²) in [5, 5.41) is 11.1. The Bertz CT molecular complexity index is 1180. The number of hydrogen-bond donors (Lipinski definition) is 2. The lowest BCUT2D eigenvalue weighted by molar-refractivity contribution is -0.139. The summed E-state index contributed by atoms with van der Waals surface area (Å²) in [7, 11) is 1.39. The number of nitrogens with zero attached hydrogens (tertiary/aromatic N) is 1. The summed E-state index contributed by atoms with van der Waals surface area (Å²) in [6.07, 6.45) is 4.05. The van der Waals surface area contributed by atoms with E-state index in [4.69, 9.17) is 14.6 Å². The summed E-state index contributed by atoms with van der Waals surface area (Å²) in [6, 6.07) is 9.20. The van der Waals surface area contributed by atoms with Crippen LogP contribution in [0.5, 0.6) is 11.5 Å². The van der Waals surface area contributed by atoms with E-state index in [-0.39, 0.29) is 17.1 Å². The fourth-order valence-corrected chi connectivity index (χ4v) is 3.46. The van der Waals surface area contributed by atoms with Crippen LogP contribution in [-0.2, 0) is 27.2 Å². The van der Waals surface area contributed by atoms with Gasteiger partial charge in [-0.15, -0.1) is 6.58 Å². The number of ether oxygens (including phenoxy) is 2. The average molecular weight is 464 g/mol. The molecule has 0 bridgehead atoms. The summed E-state index contributed by atoms with van der Waals surface area (Å²) in [5.41, 5.74) is 2.10. The minimum atomic E-state index is -1.15. The number of anilines is 1. The molecule has 1 aliphatic rings. The molecule has 1 fully saturated rings. The van der Waals surface area contributed by atoms with Crippen molar-refractivity contribution in [3.05, 3.63) is 71.3 Å². The number of aryl methyl sites for hydroxylation is 1. The molecule has 0 unspecified atom stereocenters. The first-order chi connectivity index (χ1) is 16.3. The number of aliphatic carboxylic acids is 1. The molecular formula is C25H24N2O7. The van der Waals surface area contributed by atoms with Gasteiger partial charge in [0, 0.05) is 5.56 Å². The van der Waals surface area contributed by atoms with Gasteiger partial charge in [-0.25, -0.2) is 14.5 Å². The number of rotatable bonds is 9. The van der Waals surface area contributed by atoms with Crippen molar-refractivity contribution in [2.45, 2.75) is 19.8 Å². The number of nitrogens with one attached hydrogen (secondary N) is 1. The molecule has 0 saturated carbocycles. The molecule has 0 radical (unpaired) electrons. The molecule has 2 aromatic rings. The zero-order valence-corrected chi connectivity index (χ0v) is 18.8. The molecule has 0 aliphatic carbocycles. The predicted octanol–water partition coefficient (Wildman–Crippen LogP) is 3.12. The topological polar surface area (TPSA) is 122 Å². The van der Waals surface area contributed by atoms with Crippen molar-refractivity contribution in [3.63, 3.8) is 0 Å². The van der Waals surface area contributed by atoms with E-state index in [9.17, 15) is 19.2 Å². The van der Waals surface area contributed by atoms with Gasteiger partial charge in [0.15, 0.2) is 18.1 Å². The maximum atomic E-state index is 13.2. The van der Waals surface area contributed by atoms with Gasteiger partial charge < -0.3 is 14.6 Å². The molecule has 2 aromatic carbocycles. The molecule has 2 N–H and O–H groups in total. The SMILES string of the molecule is C=CCc1cc(C=C2C(=O)NC(=O)N(c3ccc(CC)cc3)C2=O)cc(OC)c1OCC(=O)O. The molecule has 0 aromatic heterocycles. The van der Waals surface area contributed by atoms with E-state index < -0.39 is 30.4 Å². The normalized spacial score (nSPS) is 14.7. The van der Waals surface area contributed by atoms with Crippen molar-refractivity contribution in [1.29, 1.82) is 0 Å². The van der Waals surface area contributed by atoms with Gasteiger partial charge in [-0.2, -0.15) is 0 Å². The van der Waals surface area contributed by atoms with Crippen LogP contribution in [0.1, 0.15) is 23.6 Å². The highest BCUT2D eigenvalue weighted by Crippen LogP contribution is 2.35. The van der Waals surface area contributed by atoms with Crippen molar-refractivity contribution >= 4 is 35.6 Å². The van der Waals surface area contributed by atoms with Crippen molar-refractivity contribution in [3.8, 4) is 11.5 Å². The Balaban J connectivity index is 2.03. The van der Waals surface area contributed by atoms with Crippen LogP contribution in [0.2, 0.25) is 0 Å². The summed E-state index contributed by atoms with van der Waals surface area (Å²) < 4.78 is 10.7. The fourth-order valence-electron chi connectivity index (χ4n) is 3.46. The summed E-state index contributed by atoms with van der Waals surface area (Å²) in [5.74, 6) is -2.31. The minimum absolute atomic E-state index is 0.221. The molecular weight excluding hydrogens is 440 g/mol. The van der Waals surface area contributed by atoms with Gasteiger partial charge in [-0.3, -0.25) is 14.9 Å². The van der Waals surface area contributed by atoms with Crippen LogP contribution in [0.15, 0.2) is 54.6 Å². The van der Waals surface area contributed by atoms with E-state index in [2.05, 4.69) is 11.9 Å². The smallest absolute Gasteiger partial charge is 0.341 e. The monoisotopic (exact) mass is 464 g/mol. The highest BCUT2D eigenvalue weighted by molar-refractivity contribution is 6.39. The van der Waals surface area contributed by atoms with Crippen LogP contribution < -0.4 is 19.7 Å². The number of urea groups is 1. The van der Waals surface area contributed by atoms with Crippen molar-refractivity contribution in [1.82, 2.24) is 5.32 Å². The third-order valence-corrected chi connectivity index (χ3v) is 5.09. The summed E-state index contributed by atoms with van der Waals surface area (Å²) in [4.78, 5) is 50.0. The number of hydrogen-bond acceptors (Lipinski definition) is 6. The molecule has 1 saturated heterocycles. The van der Waals surface area contributed by atoms with E-state index in [1.165, 1.54) is 19.3 Å². The maximum absolute atomic E-state index is 13.2. The third-order valence-electron chi connectivity index (χ3n) is 5.09. The van der Waals surface area contributed by atoms with Gasteiger partial charge in [0.25, 0.3) is 11.8 Å². The Hall–Kier alpha value is -4.40. The van der Waals surface area contributed by atoms with Gasteiger partial charge in [0.05, 0.1) is 12.8 Å². The molecule has 9 heteroatoms. The number of amides is 4. The minimum Gasteiger partial charge on any atom is -0.493 e. The number of carboxylic acid groups (broad SMARTS) is 1. The fraction of sp³-hybridized carbons (Fsp3) is 0.200.